The standard InChI is InChI=1S/C15H21N3O5/c1-22-14-8-12(6-7-13(14)18(20)21)23-9-15(19)17-11-4-2-10(16)3-5-11/h6-8,10-11H,2-5,9,16H2,1H3,(H,17,19). The van der Waals surface area contributed by atoms with Crippen molar-refractivity contribution in [3.05, 3.63) is 28.3 Å². The molecule has 0 unspecified atom stereocenters. The van der Waals surface area contributed by atoms with E-state index in [1.807, 2.05) is 0 Å². The Hall–Kier alpha value is -2.35. The van der Waals surface area contributed by atoms with Crippen molar-refractivity contribution in [1.29, 1.82) is 0 Å². The van der Waals surface area contributed by atoms with Crippen LogP contribution in [0.4, 0.5) is 5.69 Å². The van der Waals surface area contributed by atoms with Gasteiger partial charge in [0.2, 0.25) is 5.75 Å². The Labute approximate surface area is 134 Å². The van der Waals surface area contributed by atoms with E-state index in [2.05, 4.69) is 5.32 Å². The van der Waals surface area contributed by atoms with E-state index in [0.717, 1.165) is 25.7 Å². The Morgan fingerprint density at radius 3 is 2.70 bits per heavy atom. The number of benzene rings is 1. The lowest BCUT2D eigenvalue weighted by Gasteiger charge is -2.26. The molecule has 0 radical (unpaired) electrons. The smallest absolute Gasteiger partial charge is 0.311 e. The normalized spacial score (nSPS) is 20.6. The molecule has 0 atom stereocenters. The van der Waals surface area contributed by atoms with E-state index in [1.165, 1.54) is 25.3 Å². The molecule has 0 bridgehead atoms. The summed E-state index contributed by atoms with van der Waals surface area (Å²) < 4.78 is 10.3. The van der Waals surface area contributed by atoms with Gasteiger partial charge in [-0.15, -0.1) is 0 Å². The highest BCUT2D eigenvalue weighted by Crippen LogP contribution is 2.30. The first-order valence-electron chi connectivity index (χ1n) is 7.49. The molecule has 1 aromatic carbocycles. The zero-order valence-corrected chi connectivity index (χ0v) is 13.0. The van der Waals surface area contributed by atoms with Crippen LogP contribution in [-0.4, -0.2) is 36.6 Å². The minimum atomic E-state index is -0.539. The predicted molar refractivity (Wildman–Crippen MR) is 83.5 cm³/mol. The topological polar surface area (TPSA) is 117 Å². The quantitative estimate of drug-likeness (QED) is 0.603. The molecule has 0 spiro atoms. The lowest BCUT2D eigenvalue weighted by atomic mass is 9.92. The number of nitro benzene ring substituents is 1. The van der Waals surface area contributed by atoms with Crippen LogP contribution in [0.3, 0.4) is 0 Å². The maximum atomic E-state index is 11.9. The first-order chi connectivity index (χ1) is 11.0. The highest BCUT2D eigenvalue weighted by Gasteiger charge is 2.20. The van der Waals surface area contributed by atoms with Gasteiger partial charge >= 0.3 is 5.69 Å². The van der Waals surface area contributed by atoms with Gasteiger partial charge in [-0.3, -0.25) is 14.9 Å². The molecule has 1 fully saturated rings. The molecule has 0 aromatic heterocycles. The van der Waals surface area contributed by atoms with Crippen molar-refractivity contribution >= 4 is 11.6 Å². The summed E-state index contributed by atoms with van der Waals surface area (Å²) in [6.07, 6.45) is 3.56. The Morgan fingerprint density at radius 2 is 2.09 bits per heavy atom. The van der Waals surface area contributed by atoms with Crippen molar-refractivity contribution in [2.45, 2.75) is 37.8 Å². The van der Waals surface area contributed by atoms with Gasteiger partial charge in [-0.25, -0.2) is 0 Å². The second kappa shape index (κ2) is 7.77. The van der Waals surface area contributed by atoms with E-state index in [4.69, 9.17) is 15.2 Å². The summed E-state index contributed by atoms with van der Waals surface area (Å²) in [5, 5.41) is 13.7. The minimum Gasteiger partial charge on any atom is -0.490 e. The van der Waals surface area contributed by atoms with E-state index in [1.54, 1.807) is 0 Å². The Morgan fingerprint density at radius 1 is 1.39 bits per heavy atom. The molecule has 0 saturated heterocycles. The monoisotopic (exact) mass is 323 g/mol. The van der Waals surface area contributed by atoms with Crippen LogP contribution in [0.1, 0.15) is 25.7 Å². The largest absolute Gasteiger partial charge is 0.490 e. The molecule has 8 nitrogen and oxygen atoms in total. The van der Waals surface area contributed by atoms with Gasteiger partial charge in [0.15, 0.2) is 6.61 Å². The molecule has 1 aliphatic carbocycles. The molecule has 1 aromatic rings. The van der Waals surface area contributed by atoms with E-state index < -0.39 is 4.92 Å². The molecule has 0 aliphatic heterocycles. The lowest BCUT2D eigenvalue weighted by Crippen LogP contribution is -2.42. The van der Waals surface area contributed by atoms with Crippen molar-refractivity contribution in [3.8, 4) is 11.5 Å². The highest BCUT2D eigenvalue weighted by atomic mass is 16.6. The summed E-state index contributed by atoms with van der Waals surface area (Å²) in [7, 11) is 1.34. The molecule has 23 heavy (non-hydrogen) atoms. The van der Waals surface area contributed by atoms with Gasteiger partial charge in [-0.1, -0.05) is 0 Å². The molecule has 1 amide bonds. The van der Waals surface area contributed by atoms with E-state index >= 15 is 0 Å². The Kier molecular flexibility index (Phi) is 5.75. The van der Waals surface area contributed by atoms with Gasteiger partial charge in [0.1, 0.15) is 5.75 Å². The third-order valence-corrected chi connectivity index (χ3v) is 3.85. The average molecular weight is 323 g/mol. The summed E-state index contributed by atoms with van der Waals surface area (Å²) >= 11 is 0. The molecular formula is C15H21N3O5. The van der Waals surface area contributed by atoms with Gasteiger partial charge in [-0.2, -0.15) is 0 Å². The first kappa shape index (κ1) is 17.0. The van der Waals surface area contributed by atoms with Crippen LogP contribution in [0.25, 0.3) is 0 Å². The zero-order chi connectivity index (χ0) is 16.8. The maximum absolute atomic E-state index is 11.9. The maximum Gasteiger partial charge on any atom is 0.311 e. The number of amides is 1. The molecule has 1 saturated carbocycles. The third kappa shape index (κ3) is 4.82. The number of methoxy groups -OCH3 is 1. The second-order valence-corrected chi connectivity index (χ2v) is 5.56. The van der Waals surface area contributed by atoms with E-state index in [9.17, 15) is 14.9 Å². The van der Waals surface area contributed by atoms with Gasteiger partial charge in [0.25, 0.3) is 5.91 Å². The van der Waals surface area contributed by atoms with Gasteiger partial charge in [0.05, 0.1) is 12.0 Å². The third-order valence-electron chi connectivity index (χ3n) is 3.85. The summed E-state index contributed by atoms with van der Waals surface area (Å²) in [6.45, 7) is -0.149. The fourth-order valence-corrected chi connectivity index (χ4v) is 2.58. The second-order valence-electron chi connectivity index (χ2n) is 5.56. The molecule has 3 N–H and O–H groups in total. The first-order valence-corrected chi connectivity index (χ1v) is 7.49. The summed E-state index contributed by atoms with van der Waals surface area (Å²) in [5.41, 5.74) is 5.68. The van der Waals surface area contributed by atoms with Gasteiger partial charge in [0, 0.05) is 24.2 Å². The van der Waals surface area contributed by atoms with Crippen LogP contribution in [0.2, 0.25) is 0 Å². The van der Waals surface area contributed by atoms with Gasteiger partial charge < -0.3 is 20.5 Å². The number of hydrogen-bond acceptors (Lipinski definition) is 6. The number of carbonyl (C=O) groups is 1. The van der Waals surface area contributed by atoms with Crippen molar-refractivity contribution in [2.75, 3.05) is 13.7 Å². The molecule has 126 valence electrons. The van der Waals surface area contributed by atoms with Crippen molar-refractivity contribution in [2.24, 2.45) is 5.73 Å². The number of hydrogen-bond donors (Lipinski definition) is 2. The molecule has 0 heterocycles. The zero-order valence-electron chi connectivity index (χ0n) is 13.0. The van der Waals surface area contributed by atoms with Crippen molar-refractivity contribution in [1.82, 2.24) is 5.32 Å². The molecular weight excluding hydrogens is 302 g/mol. The molecule has 1 aliphatic rings. The van der Waals surface area contributed by atoms with Crippen LogP contribution in [-0.2, 0) is 4.79 Å². The number of nitro groups is 1. The number of rotatable bonds is 6. The summed E-state index contributed by atoms with van der Waals surface area (Å²) in [4.78, 5) is 22.2. The summed E-state index contributed by atoms with van der Waals surface area (Å²) in [5.74, 6) is 0.213. The van der Waals surface area contributed by atoms with Crippen LogP contribution >= 0.6 is 0 Å². The van der Waals surface area contributed by atoms with E-state index in [0.29, 0.717) is 5.75 Å². The SMILES string of the molecule is COc1cc(OCC(=O)NC2CCC(N)CC2)ccc1[N+](=O)[O-]. The fourth-order valence-electron chi connectivity index (χ4n) is 2.58. The predicted octanol–water partition coefficient (Wildman–Crippen LogP) is 1.37. The number of nitrogens with two attached hydrogens (primary N) is 1. The fraction of sp³-hybridized carbons (Fsp3) is 0.533. The Balaban J connectivity index is 1.85. The summed E-state index contributed by atoms with van der Waals surface area (Å²) in [6, 6.07) is 4.48. The van der Waals surface area contributed by atoms with Crippen molar-refractivity contribution < 1.29 is 19.2 Å². The lowest BCUT2D eigenvalue weighted by molar-refractivity contribution is -0.385. The highest BCUT2D eigenvalue weighted by molar-refractivity contribution is 5.77. The number of nitrogens with one attached hydrogen (secondary N) is 1. The van der Waals surface area contributed by atoms with Crippen molar-refractivity contribution in [3.63, 3.8) is 0 Å². The van der Waals surface area contributed by atoms with Crippen LogP contribution < -0.4 is 20.5 Å². The van der Waals surface area contributed by atoms with E-state index in [-0.39, 0.29) is 36.0 Å². The minimum absolute atomic E-state index is 0.0918. The molecule has 2 rings (SSSR count). The van der Waals surface area contributed by atoms with Crippen LogP contribution in [0.5, 0.6) is 11.5 Å². The van der Waals surface area contributed by atoms with Crippen LogP contribution in [0, 0.1) is 10.1 Å². The molecule has 8 heteroatoms. The van der Waals surface area contributed by atoms with Gasteiger partial charge in [-0.05, 0) is 31.7 Å². The Bertz CT molecular complexity index is 570. The average Bonchev–Trinajstić information content (AvgIpc) is 2.54. The number of ether oxygens (including phenoxy) is 2. The van der Waals surface area contributed by atoms with Crippen LogP contribution in [0.15, 0.2) is 18.2 Å². The number of nitrogens with zero attached hydrogens (tertiary/aromatic N) is 1. The number of carbonyl (C=O) groups excluding carboxylic acids is 1.